The molecule has 0 fully saturated rings. The van der Waals surface area contributed by atoms with Crippen LogP contribution in [0.2, 0.25) is 0 Å². The SMILES string of the molecule is Cc1nc2ccc(C(C)(C)CC(=O)O)cc2s1. The summed E-state index contributed by atoms with van der Waals surface area (Å²) in [6, 6.07) is 6.01. The number of aliphatic carboxylic acids is 1. The molecule has 0 radical (unpaired) electrons. The molecule has 1 aromatic carbocycles. The third-order valence-electron chi connectivity index (χ3n) is 2.87. The minimum Gasteiger partial charge on any atom is -0.481 e. The summed E-state index contributed by atoms with van der Waals surface area (Å²) in [5.74, 6) is -0.768. The molecule has 2 rings (SSSR count). The molecule has 0 saturated heterocycles. The van der Waals surface area contributed by atoms with Gasteiger partial charge in [-0.1, -0.05) is 19.9 Å². The van der Waals surface area contributed by atoms with Crippen LogP contribution in [0.3, 0.4) is 0 Å². The summed E-state index contributed by atoms with van der Waals surface area (Å²) in [6.07, 6.45) is 0.135. The molecule has 0 saturated carbocycles. The molecule has 90 valence electrons. The summed E-state index contributed by atoms with van der Waals surface area (Å²) >= 11 is 1.64. The summed E-state index contributed by atoms with van der Waals surface area (Å²) in [7, 11) is 0. The Balaban J connectivity index is 2.44. The van der Waals surface area contributed by atoms with Gasteiger partial charge in [0.05, 0.1) is 21.6 Å². The first-order valence-corrected chi connectivity index (χ1v) is 6.29. The predicted molar refractivity (Wildman–Crippen MR) is 69.6 cm³/mol. The molecule has 0 spiro atoms. The van der Waals surface area contributed by atoms with E-state index in [1.165, 1.54) is 0 Å². The van der Waals surface area contributed by atoms with Crippen molar-refractivity contribution in [3.05, 3.63) is 28.8 Å². The molecule has 1 N–H and O–H groups in total. The highest BCUT2D eigenvalue weighted by Gasteiger charge is 2.24. The zero-order valence-corrected chi connectivity index (χ0v) is 11.0. The lowest BCUT2D eigenvalue weighted by atomic mass is 9.81. The smallest absolute Gasteiger partial charge is 0.304 e. The van der Waals surface area contributed by atoms with E-state index in [-0.39, 0.29) is 11.8 Å². The van der Waals surface area contributed by atoms with E-state index in [0.29, 0.717) is 0 Å². The van der Waals surface area contributed by atoms with Crippen LogP contribution in [-0.2, 0) is 10.2 Å². The number of carboxylic acids is 1. The topological polar surface area (TPSA) is 50.2 Å². The van der Waals surface area contributed by atoms with E-state index in [1.807, 2.05) is 32.9 Å². The number of thiazole rings is 1. The zero-order valence-electron chi connectivity index (χ0n) is 10.2. The number of nitrogens with zero attached hydrogens (tertiary/aromatic N) is 1. The van der Waals surface area contributed by atoms with Crippen LogP contribution in [0, 0.1) is 6.92 Å². The molecule has 0 atom stereocenters. The monoisotopic (exact) mass is 249 g/mol. The Morgan fingerprint density at radius 1 is 1.47 bits per heavy atom. The van der Waals surface area contributed by atoms with Gasteiger partial charge in [0.1, 0.15) is 0 Å². The molecule has 1 heterocycles. The fraction of sp³-hybridized carbons (Fsp3) is 0.385. The van der Waals surface area contributed by atoms with Gasteiger partial charge in [-0.25, -0.2) is 4.98 Å². The fourth-order valence-corrected chi connectivity index (χ4v) is 2.81. The Morgan fingerprint density at radius 2 is 2.18 bits per heavy atom. The fourth-order valence-electron chi connectivity index (χ4n) is 1.94. The first-order chi connectivity index (χ1) is 7.88. The Morgan fingerprint density at radius 3 is 2.82 bits per heavy atom. The van der Waals surface area contributed by atoms with Gasteiger partial charge in [-0.15, -0.1) is 11.3 Å². The van der Waals surface area contributed by atoms with Gasteiger partial charge in [0.15, 0.2) is 0 Å². The minimum atomic E-state index is -0.768. The van der Waals surface area contributed by atoms with Crippen molar-refractivity contribution in [2.24, 2.45) is 0 Å². The van der Waals surface area contributed by atoms with Crippen molar-refractivity contribution in [1.29, 1.82) is 0 Å². The Bertz CT molecular complexity index is 572. The summed E-state index contributed by atoms with van der Waals surface area (Å²) in [6.45, 7) is 5.89. The van der Waals surface area contributed by atoms with Gasteiger partial charge in [-0.3, -0.25) is 4.79 Å². The molecule has 0 bridgehead atoms. The van der Waals surface area contributed by atoms with Crippen LogP contribution in [0.5, 0.6) is 0 Å². The highest BCUT2D eigenvalue weighted by atomic mass is 32.1. The standard InChI is InChI=1S/C13H15NO2S/c1-8-14-10-5-4-9(6-11(10)17-8)13(2,3)7-12(15)16/h4-6H,7H2,1-3H3,(H,15,16). The number of carbonyl (C=O) groups is 1. The average Bonchev–Trinajstić information content (AvgIpc) is 2.54. The molecule has 0 amide bonds. The lowest BCUT2D eigenvalue weighted by Crippen LogP contribution is -2.21. The molecule has 17 heavy (non-hydrogen) atoms. The van der Waals surface area contributed by atoms with Crippen molar-refractivity contribution in [2.45, 2.75) is 32.6 Å². The van der Waals surface area contributed by atoms with Crippen LogP contribution in [0.15, 0.2) is 18.2 Å². The van der Waals surface area contributed by atoms with E-state index in [0.717, 1.165) is 20.8 Å². The van der Waals surface area contributed by atoms with Crippen LogP contribution < -0.4 is 0 Å². The highest BCUT2D eigenvalue weighted by Crippen LogP contribution is 2.31. The van der Waals surface area contributed by atoms with Crippen molar-refractivity contribution >= 4 is 27.5 Å². The number of carboxylic acid groups (broad SMARTS) is 1. The van der Waals surface area contributed by atoms with E-state index >= 15 is 0 Å². The maximum absolute atomic E-state index is 10.8. The summed E-state index contributed by atoms with van der Waals surface area (Å²) in [5, 5.41) is 9.95. The maximum atomic E-state index is 10.8. The molecule has 1 aromatic heterocycles. The van der Waals surface area contributed by atoms with Crippen molar-refractivity contribution in [1.82, 2.24) is 4.98 Å². The van der Waals surface area contributed by atoms with Gasteiger partial charge in [0.25, 0.3) is 0 Å². The molecule has 0 aliphatic heterocycles. The predicted octanol–water partition coefficient (Wildman–Crippen LogP) is 3.36. The Kier molecular flexibility index (Phi) is 2.91. The lowest BCUT2D eigenvalue weighted by molar-refractivity contribution is -0.138. The summed E-state index contributed by atoms with van der Waals surface area (Å²) in [5.41, 5.74) is 1.69. The van der Waals surface area contributed by atoms with Gasteiger partial charge >= 0.3 is 5.97 Å². The first-order valence-electron chi connectivity index (χ1n) is 5.48. The Labute approximate surface area is 104 Å². The van der Waals surface area contributed by atoms with Gasteiger partial charge in [0, 0.05) is 5.41 Å². The third-order valence-corrected chi connectivity index (χ3v) is 3.80. The number of benzene rings is 1. The minimum absolute atomic E-state index is 0.135. The second-order valence-electron chi connectivity index (χ2n) is 4.87. The molecule has 0 unspecified atom stereocenters. The van der Waals surface area contributed by atoms with Crippen LogP contribution in [0.1, 0.15) is 30.8 Å². The third kappa shape index (κ3) is 2.47. The number of rotatable bonds is 3. The second-order valence-corrected chi connectivity index (χ2v) is 6.10. The quantitative estimate of drug-likeness (QED) is 0.907. The van der Waals surface area contributed by atoms with E-state index in [1.54, 1.807) is 11.3 Å². The second kappa shape index (κ2) is 4.11. The van der Waals surface area contributed by atoms with Gasteiger partial charge in [0.2, 0.25) is 0 Å². The number of hydrogen-bond acceptors (Lipinski definition) is 3. The van der Waals surface area contributed by atoms with E-state index in [9.17, 15) is 4.79 Å². The zero-order chi connectivity index (χ0) is 12.6. The number of aryl methyl sites for hydroxylation is 1. The number of fused-ring (bicyclic) bond motifs is 1. The van der Waals surface area contributed by atoms with Crippen LogP contribution in [0.25, 0.3) is 10.2 Å². The number of aromatic nitrogens is 1. The summed E-state index contributed by atoms with van der Waals surface area (Å²) in [4.78, 5) is 15.2. The van der Waals surface area contributed by atoms with E-state index in [4.69, 9.17) is 5.11 Å². The van der Waals surface area contributed by atoms with Crippen molar-refractivity contribution in [3.8, 4) is 0 Å². The normalized spacial score (nSPS) is 11.9. The van der Waals surface area contributed by atoms with Crippen LogP contribution >= 0.6 is 11.3 Å². The largest absolute Gasteiger partial charge is 0.481 e. The lowest BCUT2D eigenvalue weighted by Gasteiger charge is -2.22. The molecule has 4 heteroatoms. The average molecular weight is 249 g/mol. The molecule has 0 aliphatic carbocycles. The van der Waals surface area contributed by atoms with Crippen LogP contribution in [0.4, 0.5) is 0 Å². The summed E-state index contributed by atoms with van der Waals surface area (Å²) < 4.78 is 1.12. The van der Waals surface area contributed by atoms with E-state index < -0.39 is 5.97 Å². The Hall–Kier alpha value is -1.42. The molecular weight excluding hydrogens is 234 g/mol. The van der Waals surface area contributed by atoms with E-state index in [2.05, 4.69) is 11.1 Å². The van der Waals surface area contributed by atoms with Gasteiger partial charge in [-0.05, 0) is 24.6 Å². The molecule has 3 nitrogen and oxygen atoms in total. The molecule has 0 aliphatic rings. The van der Waals surface area contributed by atoms with Crippen LogP contribution in [-0.4, -0.2) is 16.1 Å². The van der Waals surface area contributed by atoms with Gasteiger partial charge in [-0.2, -0.15) is 0 Å². The molecular formula is C13H15NO2S. The molecule has 2 aromatic rings. The van der Waals surface area contributed by atoms with Crippen molar-refractivity contribution in [2.75, 3.05) is 0 Å². The first kappa shape index (κ1) is 12.0. The van der Waals surface area contributed by atoms with Crippen molar-refractivity contribution < 1.29 is 9.90 Å². The highest BCUT2D eigenvalue weighted by molar-refractivity contribution is 7.18. The van der Waals surface area contributed by atoms with Crippen molar-refractivity contribution in [3.63, 3.8) is 0 Å². The number of hydrogen-bond donors (Lipinski definition) is 1. The maximum Gasteiger partial charge on any atom is 0.304 e. The van der Waals surface area contributed by atoms with Gasteiger partial charge < -0.3 is 5.11 Å².